The zero-order valence-corrected chi connectivity index (χ0v) is 17.0. The molecule has 1 aromatic carbocycles. The topological polar surface area (TPSA) is 62.5 Å². The van der Waals surface area contributed by atoms with Crippen molar-refractivity contribution in [2.45, 2.75) is 32.0 Å². The van der Waals surface area contributed by atoms with E-state index in [-0.39, 0.29) is 5.56 Å². The Morgan fingerprint density at radius 1 is 1.36 bits per heavy atom. The van der Waals surface area contributed by atoms with Crippen molar-refractivity contribution in [3.8, 4) is 0 Å². The Balaban J connectivity index is 2.01. The van der Waals surface area contributed by atoms with E-state index in [4.69, 9.17) is 0 Å². The molecule has 1 N–H and O–H groups in total. The van der Waals surface area contributed by atoms with Gasteiger partial charge in [0.25, 0.3) is 5.56 Å². The fourth-order valence-electron chi connectivity index (χ4n) is 3.41. The predicted molar refractivity (Wildman–Crippen MR) is 105 cm³/mol. The van der Waals surface area contributed by atoms with Gasteiger partial charge in [-0.2, -0.15) is 0 Å². The predicted octanol–water partition coefficient (Wildman–Crippen LogP) is 3.18. The third-order valence-electron chi connectivity index (χ3n) is 4.95. The molecule has 2 heterocycles. The van der Waals surface area contributed by atoms with Crippen LogP contribution < -0.4 is 5.56 Å². The minimum Gasteiger partial charge on any atom is -0.479 e. The number of aryl methyl sites for hydroxylation is 1. The highest BCUT2D eigenvalue weighted by molar-refractivity contribution is 9.10. The lowest BCUT2D eigenvalue weighted by Crippen LogP contribution is -2.49. The molecule has 28 heavy (non-hydrogen) atoms. The molecule has 0 aliphatic carbocycles. The molecule has 0 saturated carbocycles. The number of carboxylic acid groups (broad SMARTS) is 1. The second-order valence-corrected chi connectivity index (χ2v) is 7.87. The van der Waals surface area contributed by atoms with Gasteiger partial charge in [0.05, 0.1) is 0 Å². The molecule has 0 amide bonds. The Bertz CT molecular complexity index is 942. The van der Waals surface area contributed by atoms with Gasteiger partial charge in [-0.25, -0.2) is 13.6 Å². The minimum atomic E-state index is -1.48. The van der Waals surface area contributed by atoms with Gasteiger partial charge in [0, 0.05) is 41.4 Å². The van der Waals surface area contributed by atoms with Gasteiger partial charge in [-0.15, -0.1) is 0 Å². The summed E-state index contributed by atoms with van der Waals surface area (Å²) in [4.78, 5) is 26.8. The molecule has 1 aliphatic rings. The highest BCUT2D eigenvalue weighted by Crippen LogP contribution is 2.25. The summed E-state index contributed by atoms with van der Waals surface area (Å²) >= 11 is 3.22. The molecule has 1 atom stereocenters. The average Bonchev–Trinajstić information content (AvgIpc) is 2.62. The average molecular weight is 455 g/mol. The number of nitrogens with zero attached hydrogens (tertiary/aromatic N) is 2. The number of carboxylic acids is 1. The van der Waals surface area contributed by atoms with Crippen LogP contribution >= 0.6 is 15.9 Å². The maximum Gasteiger partial charge on any atom is 0.331 e. The number of likely N-dealkylation sites (tertiary alicyclic amines) is 1. The molecule has 0 spiro atoms. The summed E-state index contributed by atoms with van der Waals surface area (Å²) in [6, 6.07) is 4.29. The smallest absolute Gasteiger partial charge is 0.331 e. The summed E-state index contributed by atoms with van der Waals surface area (Å²) in [6.07, 6.45) is 1.66. The molecule has 2 aromatic rings. The number of alkyl halides is 1. The van der Waals surface area contributed by atoms with Gasteiger partial charge in [0.2, 0.25) is 0 Å². The molecule has 0 radical (unpaired) electrons. The van der Waals surface area contributed by atoms with Crippen LogP contribution in [0.2, 0.25) is 0 Å². The lowest BCUT2D eigenvalue weighted by atomic mass is 10.0. The van der Waals surface area contributed by atoms with Crippen molar-refractivity contribution in [2.24, 2.45) is 0 Å². The third kappa shape index (κ3) is 4.33. The summed E-state index contributed by atoms with van der Waals surface area (Å²) in [7, 11) is 0. The number of hydrogen-bond acceptors (Lipinski definition) is 3. The van der Waals surface area contributed by atoms with Crippen molar-refractivity contribution in [3.05, 3.63) is 67.8 Å². The van der Waals surface area contributed by atoms with Crippen molar-refractivity contribution in [1.82, 2.24) is 9.47 Å². The Labute approximate surface area is 169 Å². The highest BCUT2D eigenvalue weighted by Gasteiger charge is 2.28. The van der Waals surface area contributed by atoms with Gasteiger partial charge in [-0.05, 0) is 42.7 Å². The largest absolute Gasteiger partial charge is 0.479 e. The molecular formula is C20H21BrF2N2O3. The van der Waals surface area contributed by atoms with E-state index in [2.05, 4.69) is 15.9 Å². The fourth-order valence-corrected chi connectivity index (χ4v) is 3.79. The van der Waals surface area contributed by atoms with Gasteiger partial charge < -0.3 is 5.11 Å². The minimum absolute atomic E-state index is 0.0915. The number of rotatable bonds is 7. The Morgan fingerprint density at radius 3 is 2.68 bits per heavy atom. The molecule has 8 heteroatoms. The van der Waals surface area contributed by atoms with Crippen LogP contribution in [0.5, 0.6) is 0 Å². The third-order valence-corrected chi connectivity index (χ3v) is 5.44. The first kappa shape index (κ1) is 20.7. The number of pyridine rings is 1. The Morgan fingerprint density at radius 2 is 2.07 bits per heavy atom. The summed E-state index contributed by atoms with van der Waals surface area (Å²) in [5.41, 5.74) is 0.684. The maximum atomic E-state index is 14.4. The van der Waals surface area contributed by atoms with Crippen LogP contribution in [-0.2, 0) is 17.6 Å². The van der Waals surface area contributed by atoms with Crippen LogP contribution in [0.25, 0.3) is 0 Å². The van der Waals surface area contributed by atoms with E-state index in [1.54, 1.807) is 6.07 Å². The van der Waals surface area contributed by atoms with Crippen LogP contribution in [0.1, 0.15) is 29.7 Å². The number of halogens is 3. The molecule has 1 saturated heterocycles. The lowest BCUT2D eigenvalue weighted by molar-refractivity contribution is -0.139. The summed E-state index contributed by atoms with van der Waals surface area (Å²) < 4.78 is 29.0. The van der Waals surface area contributed by atoms with Gasteiger partial charge >= 0.3 is 5.97 Å². The summed E-state index contributed by atoms with van der Waals surface area (Å²) in [5.74, 6) is -2.01. The number of aromatic nitrogens is 1. The summed E-state index contributed by atoms with van der Waals surface area (Å²) in [6.45, 7) is 3.21. The first-order valence-corrected chi connectivity index (χ1v) is 9.87. The van der Waals surface area contributed by atoms with Gasteiger partial charge in [-0.3, -0.25) is 14.3 Å². The number of carbonyl (C=O) groups is 1. The van der Waals surface area contributed by atoms with E-state index in [0.29, 0.717) is 42.5 Å². The quantitative estimate of drug-likeness (QED) is 0.697. The number of benzene rings is 1. The van der Waals surface area contributed by atoms with Crippen molar-refractivity contribution in [2.75, 3.05) is 19.6 Å². The second-order valence-electron chi connectivity index (χ2n) is 6.95. The number of hydrogen-bond donors (Lipinski definition) is 1. The molecule has 150 valence electrons. The fraction of sp³-hybridized carbons (Fsp3) is 0.400. The van der Waals surface area contributed by atoms with E-state index < -0.39 is 29.6 Å². The van der Waals surface area contributed by atoms with E-state index in [1.165, 1.54) is 24.4 Å². The summed E-state index contributed by atoms with van der Waals surface area (Å²) in [5, 5.41) is 9.78. The molecule has 5 nitrogen and oxygen atoms in total. The van der Waals surface area contributed by atoms with E-state index >= 15 is 0 Å². The Kier molecular flexibility index (Phi) is 6.30. The molecule has 1 unspecified atom stereocenters. The van der Waals surface area contributed by atoms with Crippen molar-refractivity contribution in [1.29, 1.82) is 0 Å². The van der Waals surface area contributed by atoms with Crippen LogP contribution in [0.4, 0.5) is 8.78 Å². The van der Waals surface area contributed by atoms with Crippen LogP contribution in [0.3, 0.4) is 0 Å². The standard InChI is InChI=1S/C20H21BrF2N2O3/c1-2-13-7-12(5-6-24-10-15(22)11-24)9-25(19(13)26)18(20(27)28)16-8-14(21)3-4-17(16)23/h3-4,7-9,15,18H,2,5-6,10-11H2,1H3,(H,27,28). The lowest BCUT2D eigenvalue weighted by Gasteiger charge is -2.34. The van der Waals surface area contributed by atoms with Crippen LogP contribution in [0.15, 0.2) is 39.7 Å². The van der Waals surface area contributed by atoms with Crippen LogP contribution in [0, 0.1) is 5.82 Å². The SMILES string of the molecule is CCc1cc(CCN2CC(F)C2)cn(C(C(=O)O)c2cc(Br)ccc2F)c1=O. The zero-order chi connectivity index (χ0) is 20.4. The van der Waals surface area contributed by atoms with E-state index in [9.17, 15) is 23.5 Å². The van der Waals surface area contributed by atoms with E-state index in [0.717, 1.165) is 10.1 Å². The second kappa shape index (κ2) is 8.53. The van der Waals surface area contributed by atoms with Gasteiger partial charge in [-0.1, -0.05) is 22.9 Å². The Hall–Kier alpha value is -2.06. The number of aliphatic carboxylic acids is 1. The first-order chi connectivity index (χ1) is 13.3. The van der Waals surface area contributed by atoms with Crippen LogP contribution in [-0.4, -0.2) is 46.3 Å². The van der Waals surface area contributed by atoms with Gasteiger partial charge in [0.1, 0.15) is 12.0 Å². The van der Waals surface area contributed by atoms with Gasteiger partial charge in [0.15, 0.2) is 6.04 Å². The zero-order valence-electron chi connectivity index (χ0n) is 15.4. The monoisotopic (exact) mass is 454 g/mol. The molecular weight excluding hydrogens is 434 g/mol. The van der Waals surface area contributed by atoms with E-state index in [1.807, 2.05) is 11.8 Å². The highest BCUT2D eigenvalue weighted by atomic mass is 79.9. The van der Waals surface area contributed by atoms with Crippen molar-refractivity contribution >= 4 is 21.9 Å². The normalized spacial score (nSPS) is 16.0. The molecule has 1 fully saturated rings. The van der Waals surface area contributed by atoms with Crippen molar-refractivity contribution < 1.29 is 18.7 Å². The molecule has 0 bridgehead atoms. The molecule has 1 aliphatic heterocycles. The molecule has 1 aromatic heterocycles. The van der Waals surface area contributed by atoms with Crippen molar-refractivity contribution in [3.63, 3.8) is 0 Å². The first-order valence-electron chi connectivity index (χ1n) is 9.08. The maximum absolute atomic E-state index is 14.4. The molecule has 3 rings (SSSR count).